The van der Waals surface area contributed by atoms with Crippen LogP contribution in [0.25, 0.3) is 0 Å². The van der Waals surface area contributed by atoms with Crippen LogP contribution in [0.3, 0.4) is 0 Å². The van der Waals surface area contributed by atoms with Crippen LogP contribution in [0, 0.1) is 0 Å². The summed E-state index contributed by atoms with van der Waals surface area (Å²) < 4.78 is 11.1. The molecular weight excluding hydrogens is 440 g/mol. The van der Waals surface area contributed by atoms with E-state index in [1.54, 1.807) is 36.1 Å². The van der Waals surface area contributed by atoms with E-state index in [0.29, 0.717) is 47.1 Å². The Labute approximate surface area is 195 Å². The first-order valence-electron chi connectivity index (χ1n) is 10.7. The van der Waals surface area contributed by atoms with Gasteiger partial charge in [0.05, 0.1) is 18.7 Å². The molecule has 2 heterocycles. The lowest BCUT2D eigenvalue weighted by Gasteiger charge is -2.25. The third kappa shape index (κ3) is 5.06. The molecule has 0 atom stereocenters. The summed E-state index contributed by atoms with van der Waals surface area (Å²) in [5.74, 6) is 0.346. The van der Waals surface area contributed by atoms with Gasteiger partial charge in [0, 0.05) is 23.9 Å². The summed E-state index contributed by atoms with van der Waals surface area (Å²) >= 11 is 1.31. The second kappa shape index (κ2) is 9.87. The van der Waals surface area contributed by atoms with Crippen LogP contribution in [0.2, 0.25) is 0 Å². The topological polar surface area (TPSA) is 84.9 Å². The average Bonchev–Trinajstić information content (AvgIpc) is 3.17. The molecule has 0 unspecified atom stereocenters. The minimum absolute atomic E-state index is 0.0208. The van der Waals surface area contributed by atoms with Gasteiger partial charge in [0.1, 0.15) is 16.5 Å². The molecule has 170 valence electrons. The summed E-state index contributed by atoms with van der Waals surface area (Å²) in [5.41, 5.74) is 1.62. The molecular formula is C25H24N2O5S. The summed E-state index contributed by atoms with van der Waals surface area (Å²) in [6.45, 7) is 4.44. The zero-order valence-electron chi connectivity index (χ0n) is 18.4. The van der Waals surface area contributed by atoms with Crippen LogP contribution in [0.1, 0.15) is 45.0 Å². The molecule has 0 bridgehead atoms. The summed E-state index contributed by atoms with van der Waals surface area (Å²) in [7, 11) is 0. The van der Waals surface area contributed by atoms with Crippen LogP contribution >= 0.6 is 11.3 Å². The Morgan fingerprint density at radius 1 is 1.06 bits per heavy atom. The summed E-state index contributed by atoms with van der Waals surface area (Å²) in [6, 6.07) is 16.1. The third-order valence-electron chi connectivity index (χ3n) is 5.28. The van der Waals surface area contributed by atoms with Gasteiger partial charge < -0.3 is 19.7 Å². The summed E-state index contributed by atoms with van der Waals surface area (Å²) in [5, 5.41) is 3.31. The number of esters is 1. The summed E-state index contributed by atoms with van der Waals surface area (Å²) in [6.07, 6.45) is 0.538. The van der Waals surface area contributed by atoms with Crippen molar-refractivity contribution >= 4 is 34.1 Å². The smallest absolute Gasteiger partial charge is 0.341 e. The van der Waals surface area contributed by atoms with Crippen LogP contribution < -0.4 is 10.1 Å². The Morgan fingerprint density at radius 3 is 2.55 bits per heavy atom. The highest BCUT2D eigenvalue weighted by molar-refractivity contribution is 7.17. The standard InChI is InChI=1S/C25H24N2O5S/c1-3-31-25(30)22-20-12-13-27(16(2)28)15-21(20)33-24(22)26-23(29)17-8-7-11-19(14-17)32-18-9-5-4-6-10-18/h4-11,14H,3,12-13,15H2,1-2H3,(H,26,29). The first-order valence-corrected chi connectivity index (χ1v) is 11.5. The van der Waals surface area contributed by atoms with E-state index in [1.807, 2.05) is 30.3 Å². The lowest BCUT2D eigenvalue weighted by atomic mass is 10.0. The Hall–Kier alpha value is -3.65. The highest BCUT2D eigenvalue weighted by Gasteiger charge is 2.30. The van der Waals surface area contributed by atoms with E-state index in [1.165, 1.54) is 18.3 Å². The molecule has 2 aromatic carbocycles. The fraction of sp³-hybridized carbons (Fsp3) is 0.240. The summed E-state index contributed by atoms with van der Waals surface area (Å²) in [4.78, 5) is 40.2. The highest BCUT2D eigenvalue weighted by atomic mass is 32.1. The van der Waals surface area contributed by atoms with Gasteiger partial charge in [-0.1, -0.05) is 24.3 Å². The molecule has 3 aromatic rings. The Morgan fingerprint density at radius 2 is 1.82 bits per heavy atom. The van der Waals surface area contributed by atoms with Crippen molar-refractivity contribution in [1.29, 1.82) is 0 Å². The third-order valence-corrected chi connectivity index (χ3v) is 6.42. The molecule has 7 nitrogen and oxygen atoms in total. The van der Waals surface area contributed by atoms with Crippen molar-refractivity contribution in [3.05, 3.63) is 76.2 Å². The van der Waals surface area contributed by atoms with Crippen LogP contribution in [-0.2, 0) is 22.5 Å². The maximum Gasteiger partial charge on any atom is 0.341 e. The maximum atomic E-state index is 13.1. The predicted octanol–water partition coefficient (Wildman–Crippen LogP) is 4.87. The second-order valence-electron chi connectivity index (χ2n) is 7.52. The minimum atomic E-state index is -0.470. The van der Waals surface area contributed by atoms with Crippen LogP contribution in [0.15, 0.2) is 54.6 Å². The molecule has 1 N–H and O–H groups in total. The number of hydrogen-bond acceptors (Lipinski definition) is 6. The van der Waals surface area contributed by atoms with Gasteiger partial charge in [-0.25, -0.2) is 4.79 Å². The van der Waals surface area contributed by atoms with Crippen molar-refractivity contribution < 1.29 is 23.9 Å². The number of rotatable bonds is 6. The van der Waals surface area contributed by atoms with Gasteiger partial charge in [0.2, 0.25) is 5.91 Å². The van der Waals surface area contributed by atoms with Crippen molar-refractivity contribution in [3.63, 3.8) is 0 Å². The van der Waals surface area contributed by atoms with E-state index in [9.17, 15) is 14.4 Å². The van der Waals surface area contributed by atoms with Crippen LogP contribution in [0.4, 0.5) is 5.00 Å². The molecule has 0 radical (unpaired) electrons. The lowest BCUT2D eigenvalue weighted by Crippen LogP contribution is -2.34. The molecule has 4 rings (SSSR count). The number of hydrogen-bond donors (Lipinski definition) is 1. The molecule has 0 saturated carbocycles. The SMILES string of the molecule is CCOC(=O)c1c(NC(=O)c2cccc(Oc3ccccc3)c2)sc2c1CCN(C(C)=O)C2. The average molecular weight is 465 g/mol. The molecule has 33 heavy (non-hydrogen) atoms. The lowest BCUT2D eigenvalue weighted by molar-refractivity contribution is -0.129. The molecule has 1 aliphatic heterocycles. The van der Waals surface area contributed by atoms with Crippen LogP contribution in [0.5, 0.6) is 11.5 Å². The van der Waals surface area contributed by atoms with E-state index >= 15 is 0 Å². The quantitative estimate of drug-likeness (QED) is 0.526. The number of carbonyl (C=O) groups excluding carboxylic acids is 3. The number of fused-ring (bicyclic) bond motifs is 1. The first kappa shape index (κ1) is 22.5. The van der Waals surface area contributed by atoms with Crippen LogP contribution in [-0.4, -0.2) is 35.8 Å². The monoisotopic (exact) mass is 464 g/mol. The van der Waals surface area contributed by atoms with Gasteiger partial charge in [-0.15, -0.1) is 11.3 Å². The molecule has 0 spiro atoms. The molecule has 8 heteroatoms. The molecule has 0 aliphatic carbocycles. The number of benzene rings is 2. The normalized spacial score (nSPS) is 12.6. The fourth-order valence-corrected chi connectivity index (χ4v) is 4.93. The van der Waals surface area contributed by atoms with E-state index in [0.717, 1.165) is 10.4 Å². The molecule has 2 amide bonds. The van der Waals surface area contributed by atoms with Gasteiger partial charge in [0.25, 0.3) is 5.91 Å². The number of nitrogens with zero attached hydrogens (tertiary/aromatic N) is 1. The van der Waals surface area contributed by atoms with Crippen molar-refractivity contribution in [2.24, 2.45) is 0 Å². The number of nitrogens with one attached hydrogen (secondary N) is 1. The van der Waals surface area contributed by atoms with Crippen molar-refractivity contribution in [3.8, 4) is 11.5 Å². The Kier molecular flexibility index (Phi) is 6.74. The fourth-order valence-electron chi connectivity index (χ4n) is 3.68. The van der Waals surface area contributed by atoms with E-state index in [2.05, 4.69) is 5.32 Å². The van der Waals surface area contributed by atoms with E-state index in [4.69, 9.17) is 9.47 Å². The maximum absolute atomic E-state index is 13.1. The van der Waals surface area contributed by atoms with E-state index in [-0.39, 0.29) is 18.4 Å². The van der Waals surface area contributed by atoms with Gasteiger partial charge >= 0.3 is 5.97 Å². The Balaban J connectivity index is 1.59. The van der Waals surface area contributed by atoms with Gasteiger partial charge in [-0.05, 0) is 49.2 Å². The molecule has 0 saturated heterocycles. The zero-order chi connectivity index (χ0) is 23.4. The number of thiophene rings is 1. The minimum Gasteiger partial charge on any atom is -0.462 e. The van der Waals surface area contributed by atoms with Gasteiger partial charge in [-0.2, -0.15) is 0 Å². The second-order valence-corrected chi connectivity index (χ2v) is 8.62. The molecule has 1 aliphatic rings. The number of para-hydroxylation sites is 1. The van der Waals surface area contributed by atoms with Gasteiger partial charge in [-0.3, -0.25) is 9.59 Å². The molecule has 0 fully saturated rings. The van der Waals surface area contributed by atoms with Crippen molar-refractivity contribution in [2.45, 2.75) is 26.8 Å². The van der Waals surface area contributed by atoms with E-state index < -0.39 is 5.97 Å². The number of amides is 2. The zero-order valence-corrected chi connectivity index (χ0v) is 19.2. The largest absolute Gasteiger partial charge is 0.462 e. The number of anilines is 1. The van der Waals surface area contributed by atoms with Crippen molar-refractivity contribution in [1.82, 2.24) is 4.90 Å². The van der Waals surface area contributed by atoms with Gasteiger partial charge in [0.15, 0.2) is 0 Å². The van der Waals surface area contributed by atoms with Crippen molar-refractivity contribution in [2.75, 3.05) is 18.5 Å². The first-order chi connectivity index (χ1) is 16.0. The molecule has 1 aromatic heterocycles. The Bertz CT molecular complexity index is 1190. The number of carbonyl (C=O) groups is 3. The predicted molar refractivity (Wildman–Crippen MR) is 126 cm³/mol. The highest BCUT2D eigenvalue weighted by Crippen LogP contribution is 2.38. The number of ether oxygens (including phenoxy) is 2.